The summed E-state index contributed by atoms with van der Waals surface area (Å²) in [6.07, 6.45) is 1.00. The largest absolute Gasteiger partial charge is 0.396 e. The lowest BCUT2D eigenvalue weighted by Crippen LogP contribution is -2.25. The second kappa shape index (κ2) is 8.54. The van der Waals surface area contributed by atoms with Gasteiger partial charge in [0.2, 0.25) is 0 Å². The number of para-hydroxylation sites is 1. The highest BCUT2D eigenvalue weighted by atomic mass is 16.1. The third-order valence-corrected chi connectivity index (χ3v) is 4.69. The molecule has 3 nitrogen and oxygen atoms in total. The van der Waals surface area contributed by atoms with Crippen molar-refractivity contribution in [2.24, 2.45) is 0 Å². The lowest BCUT2D eigenvalue weighted by Gasteiger charge is -2.27. The van der Waals surface area contributed by atoms with E-state index < -0.39 is 0 Å². The highest BCUT2D eigenvalue weighted by Gasteiger charge is 2.17. The van der Waals surface area contributed by atoms with Crippen molar-refractivity contribution in [3.63, 3.8) is 0 Å². The maximum Gasteiger partial charge on any atom is 0.195 e. The molecule has 0 aliphatic carbocycles. The predicted octanol–water partition coefficient (Wildman–Crippen LogP) is 5.22. The fourth-order valence-corrected chi connectivity index (χ4v) is 3.24. The van der Waals surface area contributed by atoms with Crippen LogP contribution in [0, 0.1) is 6.92 Å². The molecule has 3 heteroatoms. The van der Waals surface area contributed by atoms with Gasteiger partial charge in [0.1, 0.15) is 0 Å². The van der Waals surface area contributed by atoms with Gasteiger partial charge in [-0.2, -0.15) is 0 Å². The van der Waals surface area contributed by atoms with Gasteiger partial charge in [0.15, 0.2) is 5.78 Å². The quantitative estimate of drug-likeness (QED) is 0.465. The Balaban J connectivity index is 1.93. The van der Waals surface area contributed by atoms with Crippen LogP contribution >= 0.6 is 0 Å². The molecule has 0 atom stereocenters. The lowest BCUT2D eigenvalue weighted by atomic mass is 10.0. The first-order valence-corrected chi connectivity index (χ1v) is 9.39. The number of carbonyl (C=O) groups excluding carboxylic acids is 1. The summed E-state index contributed by atoms with van der Waals surface area (Å²) in [5, 5.41) is 0. The van der Waals surface area contributed by atoms with Gasteiger partial charge in [0.25, 0.3) is 0 Å². The Morgan fingerprint density at radius 2 is 1.63 bits per heavy atom. The normalized spacial score (nSPS) is 10.6. The molecule has 0 aliphatic heterocycles. The molecule has 0 unspecified atom stereocenters. The zero-order chi connectivity index (χ0) is 19.2. The number of ketones is 1. The van der Waals surface area contributed by atoms with Crippen LogP contribution in [0.2, 0.25) is 0 Å². The Morgan fingerprint density at radius 3 is 2.30 bits per heavy atom. The molecule has 0 aromatic heterocycles. The molecule has 0 radical (unpaired) electrons. The molecular weight excluding hydrogens is 332 g/mol. The average molecular weight is 358 g/mol. The van der Waals surface area contributed by atoms with Gasteiger partial charge in [-0.3, -0.25) is 4.79 Å². The van der Waals surface area contributed by atoms with Crippen molar-refractivity contribution >= 4 is 17.2 Å². The number of aryl methyl sites for hydroxylation is 1. The number of hydrogen-bond acceptors (Lipinski definition) is 3. The molecule has 0 aliphatic rings. The summed E-state index contributed by atoms with van der Waals surface area (Å²) in [7, 11) is 0. The van der Waals surface area contributed by atoms with Crippen LogP contribution in [0.3, 0.4) is 0 Å². The van der Waals surface area contributed by atoms with Crippen molar-refractivity contribution in [3.05, 3.63) is 95.1 Å². The zero-order valence-electron chi connectivity index (χ0n) is 16.0. The Hall–Kier alpha value is -3.07. The van der Waals surface area contributed by atoms with Crippen LogP contribution in [0.5, 0.6) is 0 Å². The van der Waals surface area contributed by atoms with E-state index in [0.29, 0.717) is 16.8 Å². The molecule has 0 heterocycles. The third kappa shape index (κ3) is 4.37. The molecule has 0 saturated heterocycles. The van der Waals surface area contributed by atoms with E-state index in [9.17, 15) is 4.79 Å². The molecule has 3 aromatic carbocycles. The molecule has 0 spiro atoms. The number of rotatable bonds is 7. The minimum absolute atomic E-state index is 0.0401. The van der Waals surface area contributed by atoms with Gasteiger partial charge >= 0.3 is 0 Å². The molecule has 0 fully saturated rings. The summed E-state index contributed by atoms with van der Waals surface area (Å²) in [5.41, 5.74) is 11.6. The number of nitrogens with two attached hydrogens (primary N) is 1. The van der Waals surface area contributed by atoms with Crippen LogP contribution in [0.4, 0.5) is 11.4 Å². The van der Waals surface area contributed by atoms with Crippen molar-refractivity contribution in [3.8, 4) is 0 Å². The second-order valence-corrected chi connectivity index (χ2v) is 6.84. The summed E-state index contributed by atoms with van der Waals surface area (Å²) in [6, 6.07) is 23.6. The molecule has 3 rings (SSSR count). The van der Waals surface area contributed by atoms with Crippen molar-refractivity contribution in [1.29, 1.82) is 0 Å². The second-order valence-electron chi connectivity index (χ2n) is 6.84. The van der Waals surface area contributed by atoms with Crippen LogP contribution in [-0.4, -0.2) is 12.3 Å². The van der Waals surface area contributed by atoms with E-state index in [1.807, 2.05) is 48.5 Å². The summed E-state index contributed by atoms with van der Waals surface area (Å²) in [6.45, 7) is 5.88. The Kier molecular flexibility index (Phi) is 5.92. The van der Waals surface area contributed by atoms with Gasteiger partial charge in [-0.1, -0.05) is 73.2 Å². The Labute approximate surface area is 161 Å². The maximum atomic E-state index is 12.9. The molecule has 0 saturated carbocycles. The van der Waals surface area contributed by atoms with Crippen molar-refractivity contribution in [1.82, 2.24) is 0 Å². The lowest BCUT2D eigenvalue weighted by molar-refractivity contribution is 0.103. The SMILES string of the molecule is CCCN(Cc1ccc(C)cc1)c1cccc(C(=O)c2ccccc2)c1N. The summed E-state index contributed by atoms with van der Waals surface area (Å²) < 4.78 is 0. The summed E-state index contributed by atoms with van der Waals surface area (Å²) >= 11 is 0. The first kappa shape index (κ1) is 18.7. The minimum atomic E-state index is -0.0401. The molecule has 27 heavy (non-hydrogen) atoms. The van der Waals surface area contributed by atoms with Crippen molar-refractivity contribution in [2.75, 3.05) is 17.2 Å². The molecule has 0 amide bonds. The topological polar surface area (TPSA) is 46.3 Å². The van der Waals surface area contributed by atoms with Crippen LogP contribution in [0.15, 0.2) is 72.8 Å². The molecule has 138 valence electrons. The van der Waals surface area contributed by atoms with Crippen LogP contribution < -0.4 is 10.6 Å². The van der Waals surface area contributed by atoms with Crippen LogP contribution in [-0.2, 0) is 6.54 Å². The number of carbonyl (C=O) groups is 1. The minimum Gasteiger partial charge on any atom is -0.396 e. The van der Waals surface area contributed by atoms with Gasteiger partial charge in [0.05, 0.1) is 11.4 Å². The van der Waals surface area contributed by atoms with E-state index in [-0.39, 0.29) is 5.78 Å². The number of hydrogen-bond donors (Lipinski definition) is 1. The van der Waals surface area contributed by atoms with Crippen LogP contribution in [0.1, 0.15) is 40.4 Å². The van der Waals surface area contributed by atoms with Crippen LogP contribution in [0.25, 0.3) is 0 Å². The fourth-order valence-electron chi connectivity index (χ4n) is 3.24. The highest BCUT2D eigenvalue weighted by Crippen LogP contribution is 2.30. The fraction of sp³-hybridized carbons (Fsp3) is 0.208. The molecule has 2 N–H and O–H groups in total. The number of nitrogen functional groups attached to an aromatic ring is 1. The van der Waals surface area contributed by atoms with Crippen molar-refractivity contribution < 1.29 is 4.79 Å². The molecule has 0 bridgehead atoms. The third-order valence-electron chi connectivity index (χ3n) is 4.69. The number of nitrogens with zero attached hydrogens (tertiary/aromatic N) is 1. The standard InChI is InChI=1S/C24H26N2O/c1-3-16-26(17-19-14-12-18(2)13-15-19)22-11-7-10-21(23(22)25)24(27)20-8-5-4-6-9-20/h4-15H,3,16-17,25H2,1-2H3. The molecule has 3 aromatic rings. The van der Waals surface area contributed by atoms with E-state index in [1.165, 1.54) is 11.1 Å². The predicted molar refractivity (Wildman–Crippen MR) is 113 cm³/mol. The number of benzene rings is 3. The summed E-state index contributed by atoms with van der Waals surface area (Å²) in [5.74, 6) is -0.0401. The number of anilines is 2. The average Bonchev–Trinajstić information content (AvgIpc) is 2.70. The zero-order valence-corrected chi connectivity index (χ0v) is 16.0. The van der Waals surface area contributed by atoms with Gasteiger partial charge in [0, 0.05) is 24.2 Å². The smallest absolute Gasteiger partial charge is 0.195 e. The van der Waals surface area contributed by atoms with Gasteiger partial charge in [-0.25, -0.2) is 0 Å². The van der Waals surface area contributed by atoms with Crippen molar-refractivity contribution in [2.45, 2.75) is 26.8 Å². The van der Waals surface area contributed by atoms with Gasteiger partial charge < -0.3 is 10.6 Å². The maximum absolute atomic E-state index is 12.9. The summed E-state index contributed by atoms with van der Waals surface area (Å²) in [4.78, 5) is 15.1. The van der Waals surface area contributed by atoms with Gasteiger partial charge in [-0.05, 0) is 31.0 Å². The molecular formula is C24H26N2O. The van der Waals surface area contributed by atoms with E-state index in [1.54, 1.807) is 0 Å². The van der Waals surface area contributed by atoms with E-state index in [0.717, 1.165) is 25.2 Å². The first-order chi connectivity index (χ1) is 13.1. The first-order valence-electron chi connectivity index (χ1n) is 9.39. The van der Waals surface area contributed by atoms with Gasteiger partial charge in [-0.15, -0.1) is 0 Å². The highest BCUT2D eigenvalue weighted by molar-refractivity contribution is 6.13. The van der Waals surface area contributed by atoms with E-state index in [2.05, 4.69) is 43.0 Å². The monoisotopic (exact) mass is 358 g/mol. The van der Waals surface area contributed by atoms with E-state index >= 15 is 0 Å². The van der Waals surface area contributed by atoms with E-state index in [4.69, 9.17) is 5.73 Å². The Morgan fingerprint density at radius 1 is 0.926 bits per heavy atom. The Bertz CT molecular complexity index is 901.